The van der Waals surface area contributed by atoms with E-state index in [0.29, 0.717) is 11.3 Å². The summed E-state index contributed by atoms with van der Waals surface area (Å²) in [6, 6.07) is 24.8. The topological polar surface area (TPSA) is 25.8 Å². The van der Waals surface area contributed by atoms with E-state index in [1.54, 1.807) is 11.5 Å². The molecule has 0 N–H and O–H groups in total. The van der Waals surface area contributed by atoms with Gasteiger partial charge in [0, 0.05) is 15.6 Å². The summed E-state index contributed by atoms with van der Waals surface area (Å²) < 4.78 is 2.58. The van der Waals surface area contributed by atoms with Gasteiger partial charge in [0.05, 0.1) is 24.0 Å². The summed E-state index contributed by atoms with van der Waals surface area (Å²) in [5, 5.41) is 5.65. The number of hydrogen-bond donors (Lipinski definition) is 0. The average molecular weight is 537 g/mol. The van der Waals surface area contributed by atoms with Gasteiger partial charge >= 0.3 is 0 Å². The first-order chi connectivity index (χ1) is 18.4. The van der Waals surface area contributed by atoms with Gasteiger partial charge in [-0.25, -0.2) is 9.97 Å². The minimum Gasteiger partial charge on any atom is -0.235 e. The molecule has 4 heteroatoms. The molecule has 0 bridgehead atoms. The lowest BCUT2D eigenvalue weighted by molar-refractivity contribution is 0.224. The van der Waals surface area contributed by atoms with Gasteiger partial charge in [-0.2, -0.15) is 0 Å². The second kappa shape index (κ2) is 9.88. The van der Waals surface area contributed by atoms with Crippen molar-refractivity contribution in [3.05, 3.63) is 66.5 Å². The van der Waals surface area contributed by atoms with Crippen molar-refractivity contribution < 1.29 is 0 Å². The van der Waals surface area contributed by atoms with E-state index in [0.717, 1.165) is 11.2 Å². The highest BCUT2D eigenvalue weighted by atomic mass is 32.1. The predicted molar refractivity (Wildman–Crippen MR) is 170 cm³/mol. The van der Waals surface area contributed by atoms with Crippen molar-refractivity contribution in [3.8, 4) is 11.3 Å². The molecule has 0 aliphatic heterocycles. The Hall–Kier alpha value is -2.56. The molecule has 0 atom stereocenters. The van der Waals surface area contributed by atoms with Crippen LogP contribution in [0.15, 0.2) is 60.9 Å². The lowest BCUT2D eigenvalue weighted by Gasteiger charge is -2.34. The van der Waals surface area contributed by atoms with E-state index < -0.39 is 8.07 Å². The first kappa shape index (κ1) is 25.7. The summed E-state index contributed by atoms with van der Waals surface area (Å²) in [5.41, 5.74) is 5.45. The molecular formula is C34H40N2SSi. The SMILES string of the molecule is CC[Si](CC)(CC)c1cc(-c2ncnc3c2sc2cc(C4CCC(C)(C)CC4)ccc23)cc2ccccc12. The van der Waals surface area contributed by atoms with Crippen LogP contribution in [0.1, 0.15) is 71.8 Å². The minimum absolute atomic E-state index is 0.495. The average Bonchev–Trinajstić information content (AvgIpc) is 3.32. The van der Waals surface area contributed by atoms with Gasteiger partial charge in [-0.05, 0) is 65.5 Å². The third-order valence-corrected chi connectivity index (χ3v) is 16.6. The maximum atomic E-state index is 4.92. The normalized spacial score (nSPS) is 16.6. The fourth-order valence-corrected chi connectivity index (χ4v) is 12.1. The fourth-order valence-electron chi connectivity index (χ4n) is 6.99. The molecule has 0 spiro atoms. The lowest BCUT2D eigenvalue weighted by Crippen LogP contribution is -2.46. The molecule has 5 aromatic rings. The smallest absolute Gasteiger partial charge is 0.116 e. The summed E-state index contributed by atoms with van der Waals surface area (Å²) in [5.74, 6) is 0.682. The van der Waals surface area contributed by atoms with E-state index in [4.69, 9.17) is 9.97 Å². The Balaban J connectivity index is 1.50. The molecule has 6 rings (SSSR count). The largest absolute Gasteiger partial charge is 0.235 e. The lowest BCUT2D eigenvalue weighted by atomic mass is 9.71. The molecule has 2 aromatic heterocycles. The van der Waals surface area contributed by atoms with Gasteiger partial charge in [-0.3, -0.25) is 0 Å². The van der Waals surface area contributed by atoms with E-state index in [-0.39, 0.29) is 0 Å². The van der Waals surface area contributed by atoms with Crippen LogP contribution < -0.4 is 5.19 Å². The van der Waals surface area contributed by atoms with Crippen molar-refractivity contribution in [2.75, 3.05) is 0 Å². The summed E-state index contributed by atoms with van der Waals surface area (Å²) in [6.07, 6.45) is 7.01. The molecule has 3 aromatic carbocycles. The van der Waals surface area contributed by atoms with Crippen LogP contribution in [0.4, 0.5) is 0 Å². The second-order valence-electron chi connectivity index (χ2n) is 12.3. The van der Waals surface area contributed by atoms with Gasteiger partial charge in [-0.15, -0.1) is 11.3 Å². The van der Waals surface area contributed by atoms with Crippen molar-refractivity contribution in [1.29, 1.82) is 0 Å². The number of aromatic nitrogens is 2. The van der Waals surface area contributed by atoms with Crippen LogP contribution in [-0.2, 0) is 0 Å². The molecule has 1 aliphatic rings. The Morgan fingerprint density at radius 1 is 0.868 bits per heavy atom. The van der Waals surface area contributed by atoms with Gasteiger partial charge in [0.25, 0.3) is 0 Å². The Kier molecular flexibility index (Phi) is 6.68. The highest BCUT2D eigenvalue weighted by molar-refractivity contribution is 7.26. The first-order valence-electron chi connectivity index (χ1n) is 14.6. The maximum absolute atomic E-state index is 4.92. The number of thiophene rings is 1. The van der Waals surface area contributed by atoms with E-state index in [1.807, 2.05) is 11.3 Å². The quantitative estimate of drug-likeness (QED) is 0.202. The molecule has 196 valence electrons. The van der Waals surface area contributed by atoms with E-state index in [9.17, 15) is 0 Å². The fraction of sp³-hybridized carbons (Fsp3) is 0.412. The number of rotatable bonds is 6. The van der Waals surface area contributed by atoms with Crippen molar-refractivity contribution in [2.45, 2.75) is 84.4 Å². The number of fused-ring (bicyclic) bond motifs is 4. The molecule has 2 nitrogen and oxygen atoms in total. The number of hydrogen-bond acceptors (Lipinski definition) is 3. The summed E-state index contributed by atoms with van der Waals surface area (Å²) in [7, 11) is -1.60. The van der Waals surface area contributed by atoms with Crippen LogP contribution in [0, 0.1) is 5.41 Å². The minimum atomic E-state index is -1.60. The third kappa shape index (κ3) is 4.30. The van der Waals surface area contributed by atoms with Crippen molar-refractivity contribution in [2.24, 2.45) is 5.41 Å². The standard InChI is InChI=1S/C34H40N2SSi/c1-6-38(7-2,8-3)30-21-26(19-25-11-9-10-12-27(25)30)31-33-32(36-22-35-31)28-14-13-24(20-29(28)37-33)23-15-17-34(4,5)18-16-23/h9-14,19-23H,6-8,15-18H2,1-5H3. The van der Waals surface area contributed by atoms with Crippen LogP contribution in [0.25, 0.3) is 42.3 Å². The maximum Gasteiger partial charge on any atom is 0.116 e. The van der Waals surface area contributed by atoms with E-state index >= 15 is 0 Å². The molecule has 1 fully saturated rings. The molecule has 1 aliphatic carbocycles. The zero-order valence-electron chi connectivity index (χ0n) is 23.6. The first-order valence-corrected chi connectivity index (χ1v) is 18.0. The van der Waals surface area contributed by atoms with Gasteiger partial charge in [0.15, 0.2) is 0 Å². The Morgan fingerprint density at radius 2 is 1.61 bits per heavy atom. The Morgan fingerprint density at radius 3 is 2.34 bits per heavy atom. The molecule has 38 heavy (non-hydrogen) atoms. The van der Waals surface area contributed by atoms with Crippen molar-refractivity contribution in [1.82, 2.24) is 9.97 Å². The summed E-state index contributed by atoms with van der Waals surface area (Å²) in [4.78, 5) is 9.73. The summed E-state index contributed by atoms with van der Waals surface area (Å²) >= 11 is 1.88. The molecule has 0 unspecified atom stereocenters. The van der Waals surface area contributed by atoms with Gasteiger partial charge in [0.2, 0.25) is 0 Å². The second-order valence-corrected chi connectivity index (χ2v) is 18.6. The van der Waals surface area contributed by atoms with Crippen molar-refractivity contribution in [3.63, 3.8) is 0 Å². The van der Waals surface area contributed by atoms with Crippen LogP contribution >= 0.6 is 11.3 Å². The molecule has 0 radical (unpaired) electrons. The molecule has 2 heterocycles. The Labute approximate surface area is 232 Å². The molecule has 0 saturated heterocycles. The molecular weight excluding hydrogens is 497 g/mol. The monoisotopic (exact) mass is 536 g/mol. The van der Waals surface area contributed by atoms with Crippen LogP contribution in [0.2, 0.25) is 18.1 Å². The van der Waals surface area contributed by atoms with Crippen LogP contribution in [0.5, 0.6) is 0 Å². The zero-order valence-corrected chi connectivity index (χ0v) is 25.4. The van der Waals surface area contributed by atoms with Crippen LogP contribution in [0.3, 0.4) is 0 Å². The number of benzene rings is 3. The molecule has 0 amide bonds. The van der Waals surface area contributed by atoms with Gasteiger partial charge in [0.1, 0.15) is 6.33 Å². The third-order valence-electron chi connectivity index (χ3n) is 9.82. The highest BCUT2D eigenvalue weighted by Crippen LogP contribution is 2.45. The predicted octanol–water partition coefficient (Wildman–Crippen LogP) is 10.1. The van der Waals surface area contributed by atoms with Gasteiger partial charge in [-0.1, -0.05) is 100 Å². The molecule has 1 saturated carbocycles. The highest BCUT2D eigenvalue weighted by Gasteiger charge is 2.32. The van der Waals surface area contributed by atoms with Crippen LogP contribution in [-0.4, -0.2) is 18.0 Å². The summed E-state index contributed by atoms with van der Waals surface area (Å²) in [6.45, 7) is 12.1. The zero-order chi connectivity index (χ0) is 26.5. The van der Waals surface area contributed by atoms with E-state index in [1.165, 1.54) is 80.5 Å². The number of nitrogens with zero attached hydrogens (tertiary/aromatic N) is 2. The Bertz CT molecular complexity index is 1610. The van der Waals surface area contributed by atoms with Crippen molar-refractivity contribution >= 4 is 55.7 Å². The van der Waals surface area contributed by atoms with E-state index in [2.05, 4.69) is 89.2 Å². The van der Waals surface area contributed by atoms with Gasteiger partial charge < -0.3 is 0 Å².